The molecule has 130 valence electrons. The topological polar surface area (TPSA) is 76.2 Å². The molecular weight excluding hydrogens is 290 g/mol. The van der Waals surface area contributed by atoms with Gasteiger partial charge in [-0.05, 0) is 51.4 Å². The number of hydrogen-bond acceptors (Lipinski definition) is 4. The summed E-state index contributed by atoms with van der Waals surface area (Å²) >= 11 is 0. The molecular formula is C17H31N5O. The van der Waals surface area contributed by atoms with E-state index in [4.69, 9.17) is 5.73 Å². The third-order valence-corrected chi connectivity index (χ3v) is 4.62. The van der Waals surface area contributed by atoms with Gasteiger partial charge in [-0.25, -0.2) is 0 Å². The number of amides is 1. The van der Waals surface area contributed by atoms with Gasteiger partial charge in [0.2, 0.25) is 5.91 Å². The molecule has 6 nitrogen and oxygen atoms in total. The van der Waals surface area contributed by atoms with Gasteiger partial charge in [0.1, 0.15) is 0 Å². The Morgan fingerprint density at radius 3 is 2.74 bits per heavy atom. The first-order chi connectivity index (χ1) is 11.0. The maximum atomic E-state index is 11.2. The van der Waals surface area contributed by atoms with Crippen LogP contribution in [0.1, 0.15) is 50.3 Å². The molecule has 0 atom stereocenters. The van der Waals surface area contributed by atoms with Crippen LogP contribution >= 0.6 is 0 Å². The fourth-order valence-electron chi connectivity index (χ4n) is 3.27. The van der Waals surface area contributed by atoms with Crippen LogP contribution in [0.5, 0.6) is 0 Å². The number of piperidine rings is 1. The SMILES string of the molecule is CC(C)c1nn(C)cc1CNCCCN1CCC(C(N)=O)CC1. The Kier molecular flexibility index (Phi) is 6.59. The average Bonchev–Trinajstić information content (AvgIpc) is 2.88. The Morgan fingerprint density at radius 1 is 1.43 bits per heavy atom. The molecule has 1 saturated heterocycles. The molecule has 6 heteroatoms. The molecule has 2 rings (SSSR count). The minimum atomic E-state index is -0.135. The van der Waals surface area contributed by atoms with Gasteiger partial charge < -0.3 is 16.0 Å². The molecule has 0 aromatic carbocycles. The molecule has 2 heterocycles. The second-order valence-electron chi connectivity index (χ2n) is 6.92. The minimum absolute atomic E-state index is 0.0874. The van der Waals surface area contributed by atoms with Crippen LogP contribution in [0.25, 0.3) is 0 Å². The Morgan fingerprint density at radius 2 is 2.13 bits per heavy atom. The number of aryl methyl sites for hydroxylation is 1. The highest BCUT2D eigenvalue weighted by Crippen LogP contribution is 2.17. The number of nitrogens with one attached hydrogen (secondary N) is 1. The molecule has 0 bridgehead atoms. The second-order valence-corrected chi connectivity index (χ2v) is 6.92. The van der Waals surface area contributed by atoms with Crippen LogP contribution in [0, 0.1) is 5.92 Å². The molecule has 1 aromatic rings. The predicted octanol–water partition coefficient (Wildman–Crippen LogP) is 1.22. The van der Waals surface area contributed by atoms with Gasteiger partial charge in [0, 0.05) is 31.3 Å². The number of primary amides is 1. The molecule has 1 fully saturated rings. The molecule has 0 spiro atoms. The van der Waals surface area contributed by atoms with E-state index in [0.29, 0.717) is 5.92 Å². The number of rotatable bonds is 8. The van der Waals surface area contributed by atoms with E-state index in [1.54, 1.807) is 0 Å². The van der Waals surface area contributed by atoms with Gasteiger partial charge in [0.25, 0.3) is 0 Å². The first-order valence-electron chi connectivity index (χ1n) is 8.72. The fraction of sp³-hybridized carbons (Fsp3) is 0.765. The Labute approximate surface area is 139 Å². The van der Waals surface area contributed by atoms with Crippen LogP contribution in [-0.2, 0) is 18.4 Å². The smallest absolute Gasteiger partial charge is 0.220 e. The zero-order valence-corrected chi connectivity index (χ0v) is 14.7. The molecule has 0 aliphatic carbocycles. The summed E-state index contributed by atoms with van der Waals surface area (Å²) in [5.41, 5.74) is 7.85. The van der Waals surface area contributed by atoms with Gasteiger partial charge in [0.15, 0.2) is 0 Å². The van der Waals surface area contributed by atoms with Crippen molar-refractivity contribution in [1.82, 2.24) is 20.0 Å². The molecule has 1 aliphatic rings. The summed E-state index contributed by atoms with van der Waals surface area (Å²) in [6.07, 6.45) is 5.06. The highest BCUT2D eigenvalue weighted by atomic mass is 16.1. The molecule has 1 aromatic heterocycles. The summed E-state index contributed by atoms with van der Waals surface area (Å²) in [7, 11) is 1.98. The van der Waals surface area contributed by atoms with Gasteiger partial charge >= 0.3 is 0 Å². The number of nitrogens with two attached hydrogens (primary N) is 1. The predicted molar refractivity (Wildman–Crippen MR) is 92.0 cm³/mol. The Hall–Kier alpha value is -1.40. The van der Waals surface area contributed by atoms with Gasteiger partial charge in [-0.2, -0.15) is 5.10 Å². The van der Waals surface area contributed by atoms with Gasteiger partial charge in [0.05, 0.1) is 5.69 Å². The zero-order chi connectivity index (χ0) is 16.8. The fourth-order valence-corrected chi connectivity index (χ4v) is 3.27. The number of nitrogens with zero attached hydrogens (tertiary/aromatic N) is 3. The highest BCUT2D eigenvalue weighted by Gasteiger charge is 2.22. The number of hydrogen-bond donors (Lipinski definition) is 2. The van der Waals surface area contributed by atoms with Crippen molar-refractivity contribution in [3.8, 4) is 0 Å². The van der Waals surface area contributed by atoms with Crippen molar-refractivity contribution in [3.63, 3.8) is 0 Å². The van der Waals surface area contributed by atoms with E-state index in [0.717, 1.165) is 52.0 Å². The third-order valence-electron chi connectivity index (χ3n) is 4.62. The molecule has 0 unspecified atom stereocenters. The number of likely N-dealkylation sites (tertiary alicyclic amines) is 1. The normalized spacial score (nSPS) is 17.0. The first-order valence-corrected chi connectivity index (χ1v) is 8.72. The number of aromatic nitrogens is 2. The molecule has 1 aliphatic heterocycles. The second kappa shape index (κ2) is 8.45. The van der Waals surface area contributed by atoms with Crippen LogP contribution in [0.3, 0.4) is 0 Å². The maximum absolute atomic E-state index is 11.2. The van der Waals surface area contributed by atoms with E-state index in [9.17, 15) is 4.79 Å². The lowest BCUT2D eigenvalue weighted by molar-refractivity contribution is -0.123. The van der Waals surface area contributed by atoms with Crippen molar-refractivity contribution in [2.75, 3.05) is 26.2 Å². The molecule has 0 saturated carbocycles. The van der Waals surface area contributed by atoms with E-state index >= 15 is 0 Å². The lowest BCUT2D eigenvalue weighted by Gasteiger charge is -2.30. The zero-order valence-electron chi connectivity index (χ0n) is 14.7. The van der Waals surface area contributed by atoms with E-state index in [1.807, 2.05) is 11.7 Å². The maximum Gasteiger partial charge on any atom is 0.220 e. The van der Waals surface area contributed by atoms with Crippen LogP contribution < -0.4 is 11.1 Å². The van der Waals surface area contributed by atoms with Crippen LogP contribution in [0.15, 0.2) is 6.20 Å². The summed E-state index contributed by atoms with van der Waals surface area (Å²) in [4.78, 5) is 13.6. The Bertz CT molecular complexity index is 503. The largest absolute Gasteiger partial charge is 0.369 e. The van der Waals surface area contributed by atoms with Crippen molar-refractivity contribution >= 4 is 5.91 Å². The van der Waals surface area contributed by atoms with Crippen molar-refractivity contribution in [1.29, 1.82) is 0 Å². The van der Waals surface area contributed by atoms with Crippen molar-refractivity contribution < 1.29 is 4.79 Å². The minimum Gasteiger partial charge on any atom is -0.369 e. The standard InChI is InChI=1S/C17H31N5O/c1-13(2)16-15(12-21(3)20-16)11-19-7-4-8-22-9-5-14(6-10-22)17(18)23/h12-14,19H,4-11H2,1-3H3,(H2,18,23). The summed E-state index contributed by atoms with van der Waals surface area (Å²) in [5, 5.41) is 8.06. The number of carbonyl (C=O) groups excluding carboxylic acids is 1. The summed E-state index contributed by atoms with van der Waals surface area (Å²) in [5.74, 6) is 0.410. The third kappa shape index (κ3) is 5.32. The molecule has 1 amide bonds. The summed E-state index contributed by atoms with van der Waals surface area (Å²) < 4.78 is 1.90. The average molecular weight is 321 g/mol. The van der Waals surface area contributed by atoms with Crippen molar-refractivity contribution in [2.45, 2.75) is 45.6 Å². The quantitative estimate of drug-likeness (QED) is 0.706. The van der Waals surface area contributed by atoms with E-state index < -0.39 is 0 Å². The highest BCUT2D eigenvalue weighted by molar-refractivity contribution is 5.76. The summed E-state index contributed by atoms with van der Waals surface area (Å²) in [6, 6.07) is 0. The summed E-state index contributed by atoms with van der Waals surface area (Å²) in [6.45, 7) is 9.32. The monoisotopic (exact) mass is 321 g/mol. The first kappa shape index (κ1) is 17.9. The van der Waals surface area contributed by atoms with Crippen molar-refractivity contribution in [2.24, 2.45) is 18.7 Å². The molecule has 23 heavy (non-hydrogen) atoms. The van der Waals surface area contributed by atoms with Crippen LogP contribution in [0.4, 0.5) is 0 Å². The lowest BCUT2D eigenvalue weighted by atomic mass is 9.96. The van der Waals surface area contributed by atoms with E-state index in [1.165, 1.54) is 11.3 Å². The van der Waals surface area contributed by atoms with Crippen molar-refractivity contribution in [3.05, 3.63) is 17.5 Å². The Balaban J connectivity index is 1.62. The lowest BCUT2D eigenvalue weighted by Crippen LogP contribution is -2.39. The van der Waals surface area contributed by atoms with Gasteiger partial charge in [-0.3, -0.25) is 9.48 Å². The van der Waals surface area contributed by atoms with E-state index in [-0.39, 0.29) is 11.8 Å². The van der Waals surface area contributed by atoms with Gasteiger partial charge in [-0.15, -0.1) is 0 Å². The number of carbonyl (C=O) groups is 1. The van der Waals surface area contributed by atoms with Gasteiger partial charge in [-0.1, -0.05) is 13.8 Å². The molecule has 3 N–H and O–H groups in total. The van der Waals surface area contributed by atoms with Crippen LogP contribution in [0.2, 0.25) is 0 Å². The van der Waals surface area contributed by atoms with E-state index in [2.05, 4.69) is 35.4 Å². The van der Waals surface area contributed by atoms with Crippen LogP contribution in [-0.4, -0.2) is 46.8 Å². The molecule has 0 radical (unpaired) electrons.